The molecule has 1 aromatic rings. The Morgan fingerprint density at radius 3 is 2.85 bits per heavy atom. The summed E-state index contributed by atoms with van der Waals surface area (Å²) in [5.74, 6) is -0.0281. The van der Waals surface area contributed by atoms with Crippen molar-refractivity contribution in [2.75, 3.05) is 19.6 Å². The van der Waals surface area contributed by atoms with E-state index in [0.717, 1.165) is 5.56 Å². The molecule has 2 heterocycles. The Morgan fingerprint density at radius 1 is 1.44 bits per heavy atom. The van der Waals surface area contributed by atoms with Gasteiger partial charge in [0.1, 0.15) is 17.6 Å². The molecule has 11 heteroatoms. The first-order chi connectivity index (χ1) is 12.9. The van der Waals surface area contributed by atoms with Gasteiger partial charge in [-0.2, -0.15) is 0 Å². The van der Waals surface area contributed by atoms with Gasteiger partial charge in [0, 0.05) is 0 Å². The minimum Gasteiger partial charge on any atom is -0.536 e. The molecule has 0 radical (unpaired) electrons. The van der Waals surface area contributed by atoms with Gasteiger partial charge in [-0.3, -0.25) is 9.59 Å². The molecule has 7 N–H and O–H groups in total. The molecule has 146 valence electrons. The van der Waals surface area contributed by atoms with Crippen molar-refractivity contribution in [2.24, 2.45) is 11.5 Å². The highest BCUT2D eigenvalue weighted by Gasteiger charge is 2.36. The number of nitrogens with zero attached hydrogens (tertiary/aromatic N) is 1. The Kier molecular flexibility index (Phi) is 5.85. The van der Waals surface area contributed by atoms with Gasteiger partial charge in [-0.25, -0.2) is 0 Å². The standard InChI is InChI=1S/C16H23BN4O6/c18-5-13(23)20-15(19)16(24)21-6-10(7-21)26-12-2-1-9-3-4-17(25)27-14(9)11(12)8-22/h1-2,10,15,22,25H,3-8,18-19H2,(H,20,23)/t15-/m0/s1. The van der Waals surface area contributed by atoms with E-state index in [1.807, 2.05) is 6.07 Å². The predicted molar refractivity (Wildman–Crippen MR) is 95.6 cm³/mol. The fraction of sp³-hybridized carbons (Fsp3) is 0.500. The minimum absolute atomic E-state index is 0.244. The van der Waals surface area contributed by atoms with Gasteiger partial charge >= 0.3 is 7.12 Å². The SMILES string of the molecule is NCC(=O)N[C@H](N)C(=O)N1CC(Oc2ccc3c(c2CO)OB(O)CC3)C1. The Hall–Kier alpha value is -2.34. The predicted octanol–water partition coefficient (Wildman–Crippen LogP) is -2.46. The second-order valence-corrected chi connectivity index (χ2v) is 6.53. The van der Waals surface area contributed by atoms with Crippen LogP contribution in [0.2, 0.25) is 6.32 Å². The van der Waals surface area contributed by atoms with E-state index >= 15 is 0 Å². The van der Waals surface area contributed by atoms with E-state index in [1.54, 1.807) is 6.07 Å². The lowest BCUT2D eigenvalue weighted by Gasteiger charge is -2.40. The van der Waals surface area contributed by atoms with Crippen molar-refractivity contribution < 1.29 is 29.1 Å². The number of fused-ring (bicyclic) bond motifs is 1. The summed E-state index contributed by atoms with van der Waals surface area (Å²) in [5.41, 5.74) is 12.2. The van der Waals surface area contributed by atoms with Crippen LogP contribution in [0.25, 0.3) is 0 Å². The Labute approximate surface area is 156 Å². The third kappa shape index (κ3) is 4.16. The normalized spacial score (nSPS) is 17.5. The van der Waals surface area contributed by atoms with Gasteiger partial charge in [0.25, 0.3) is 5.91 Å². The lowest BCUT2D eigenvalue weighted by atomic mass is 9.78. The van der Waals surface area contributed by atoms with Gasteiger partial charge in [-0.15, -0.1) is 0 Å². The first-order valence-corrected chi connectivity index (χ1v) is 8.73. The minimum atomic E-state index is -1.14. The molecule has 1 saturated heterocycles. The molecule has 0 aromatic heterocycles. The quantitative estimate of drug-likeness (QED) is 0.269. The molecular formula is C16H23BN4O6. The van der Waals surface area contributed by atoms with E-state index in [1.165, 1.54) is 4.90 Å². The van der Waals surface area contributed by atoms with E-state index in [2.05, 4.69) is 5.32 Å². The van der Waals surface area contributed by atoms with E-state index in [4.69, 9.17) is 20.9 Å². The number of benzene rings is 1. The van der Waals surface area contributed by atoms with Crippen LogP contribution in [0.3, 0.4) is 0 Å². The lowest BCUT2D eigenvalue weighted by molar-refractivity contribution is -0.143. The number of carbonyl (C=O) groups is 2. The van der Waals surface area contributed by atoms with Crippen LogP contribution in [0.4, 0.5) is 0 Å². The fourth-order valence-corrected chi connectivity index (χ4v) is 3.10. The number of amides is 2. The average Bonchev–Trinajstić information content (AvgIpc) is 2.62. The first-order valence-electron chi connectivity index (χ1n) is 8.73. The molecule has 1 fully saturated rings. The summed E-state index contributed by atoms with van der Waals surface area (Å²) >= 11 is 0. The summed E-state index contributed by atoms with van der Waals surface area (Å²) in [4.78, 5) is 24.8. The first kappa shape index (κ1) is 19.4. The number of ether oxygens (including phenoxy) is 1. The van der Waals surface area contributed by atoms with Crippen LogP contribution >= 0.6 is 0 Å². The summed E-state index contributed by atoms with van der Waals surface area (Å²) in [6.07, 6.45) is -0.266. The summed E-state index contributed by atoms with van der Waals surface area (Å²) in [6, 6.07) is 3.60. The largest absolute Gasteiger partial charge is 0.536 e. The number of likely N-dealkylation sites (tertiary alicyclic amines) is 1. The molecule has 10 nitrogen and oxygen atoms in total. The Balaban J connectivity index is 1.59. The molecule has 1 aromatic carbocycles. The van der Waals surface area contributed by atoms with Gasteiger partial charge < -0.3 is 41.2 Å². The number of hydrogen-bond acceptors (Lipinski definition) is 8. The highest BCUT2D eigenvalue weighted by atomic mass is 16.5. The second-order valence-electron chi connectivity index (χ2n) is 6.53. The van der Waals surface area contributed by atoms with E-state index < -0.39 is 25.1 Å². The van der Waals surface area contributed by atoms with Crippen molar-refractivity contribution in [1.82, 2.24) is 10.2 Å². The van der Waals surface area contributed by atoms with Crippen LogP contribution in [0.5, 0.6) is 11.5 Å². The number of hydrogen-bond donors (Lipinski definition) is 5. The van der Waals surface area contributed by atoms with E-state index in [-0.39, 0.29) is 19.3 Å². The van der Waals surface area contributed by atoms with Crippen LogP contribution in [-0.4, -0.2) is 65.9 Å². The van der Waals surface area contributed by atoms with E-state index in [0.29, 0.717) is 42.9 Å². The topological polar surface area (TPSA) is 160 Å². The highest BCUT2D eigenvalue weighted by molar-refractivity contribution is 6.44. The third-order valence-corrected chi connectivity index (χ3v) is 4.59. The van der Waals surface area contributed by atoms with Crippen molar-refractivity contribution in [3.63, 3.8) is 0 Å². The molecule has 0 unspecified atom stereocenters. The van der Waals surface area contributed by atoms with Crippen molar-refractivity contribution in [2.45, 2.75) is 31.6 Å². The van der Waals surface area contributed by atoms with Gasteiger partial charge in [0.05, 0.1) is 31.8 Å². The molecule has 1 atom stereocenters. The zero-order valence-electron chi connectivity index (χ0n) is 14.8. The summed E-state index contributed by atoms with van der Waals surface area (Å²) in [6.45, 7) is 0.0647. The zero-order chi connectivity index (χ0) is 19.6. The molecular weight excluding hydrogens is 355 g/mol. The van der Waals surface area contributed by atoms with Crippen molar-refractivity contribution in [1.29, 1.82) is 0 Å². The zero-order valence-corrected chi connectivity index (χ0v) is 14.8. The number of nitrogens with two attached hydrogens (primary N) is 2. The summed E-state index contributed by atoms with van der Waals surface area (Å²) in [7, 11) is -0.903. The molecule has 2 aliphatic rings. The highest BCUT2D eigenvalue weighted by Crippen LogP contribution is 2.37. The number of nitrogens with one attached hydrogen (secondary N) is 1. The number of rotatable bonds is 6. The molecule has 0 spiro atoms. The third-order valence-electron chi connectivity index (χ3n) is 4.59. The van der Waals surface area contributed by atoms with Crippen LogP contribution in [0.1, 0.15) is 11.1 Å². The maximum absolute atomic E-state index is 12.1. The smallest absolute Gasteiger partial charge is 0.522 e. The number of carbonyl (C=O) groups excluding carboxylic acids is 2. The van der Waals surface area contributed by atoms with Crippen molar-refractivity contribution in [3.05, 3.63) is 23.3 Å². The van der Waals surface area contributed by atoms with Crippen LogP contribution in [0.15, 0.2) is 12.1 Å². The van der Waals surface area contributed by atoms with Gasteiger partial charge in [0.15, 0.2) is 6.17 Å². The molecule has 0 saturated carbocycles. The molecule has 2 amide bonds. The number of aryl methyl sites for hydroxylation is 1. The molecule has 3 rings (SSSR count). The molecule has 0 bridgehead atoms. The second kappa shape index (κ2) is 8.13. The maximum atomic E-state index is 12.1. The number of aliphatic hydroxyl groups excluding tert-OH is 1. The van der Waals surface area contributed by atoms with Crippen LogP contribution in [-0.2, 0) is 22.6 Å². The maximum Gasteiger partial charge on any atom is 0.522 e. The molecule has 27 heavy (non-hydrogen) atoms. The van der Waals surface area contributed by atoms with Crippen molar-refractivity contribution in [3.8, 4) is 11.5 Å². The van der Waals surface area contributed by atoms with E-state index in [9.17, 15) is 19.7 Å². The van der Waals surface area contributed by atoms with Crippen LogP contribution < -0.4 is 26.2 Å². The Morgan fingerprint density at radius 2 is 2.19 bits per heavy atom. The van der Waals surface area contributed by atoms with Crippen molar-refractivity contribution >= 4 is 18.9 Å². The summed E-state index contributed by atoms with van der Waals surface area (Å²) < 4.78 is 11.3. The van der Waals surface area contributed by atoms with Gasteiger partial charge in [-0.05, 0) is 24.4 Å². The fourth-order valence-electron chi connectivity index (χ4n) is 3.10. The lowest BCUT2D eigenvalue weighted by Crippen LogP contribution is -2.63. The molecule has 0 aliphatic carbocycles. The van der Waals surface area contributed by atoms with Gasteiger partial charge in [-0.1, -0.05) is 6.07 Å². The molecule has 2 aliphatic heterocycles. The summed E-state index contributed by atoms with van der Waals surface area (Å²) in [5, 5.41) is 21.7. The number of aliphatic hydroxyl groups is 1. The average molecular weight is 378 g/mol. The Bertz CT molecular complexity index is 727. The van der Waals surface area contributed by atoms with Crippen LogP contribution in [0, 0.1) is 0 Å². The van der Waals surface area contributed by atoms with Gasteiger partial charge in [0.2, 0.25) is 5.91 Å². The monoisotopic (exact) mass is 378 g/mol.